The third-order valence-corrected chi connectivity index (χ3v) is 27.0. The maximum atomic E-state index is 6.19. The van der Waals surface area contributed by atoms with Crippen LogP contribution in [-0.2, 0) is 0 Å². The summed E-state index contributed by atoms with van der Waals surface area (Å²) in [7, 11) is 0. The van der Waals surface area contributed by atoms with E-state index in [1.54, 1.807) is 11.3 Å². The Morgan fingerprint density at radius 3 is 0.748 bits per heavy atom. The summed E-state index contributed by atoms with van der Waals surface area (Å²) in [5, 5.41) is 20.1. The van der Waals surface area contributed by atoms with Gasteiger partial charge in [-0.2, -0.15) is 0 Å². The van der Waals surface area contributed by atoms with Crippen LogP contribution in [0.3, 0.4) is 0 Å². The Balaban J connectivity index is 0.000000117. The van der Waals surface area contributed by atoms with E-state index in [4.69, 9.17) is 11.6 Å². The van der Waals surface area contributed by atoms with E-state index in [1.165, 1.54) is 121 Å². The maximum Gasteiger partial charge on any atom is 0.0476 e. The quantitative estimate of drug-likeness (QED) is 0.139. The molecule has 0 aliphatic rings. The van der Waals surface area contributed by atoms with Crippen molar-refractivity contribution in [3.8, 4) is 0 Å². The number of hydrogen-bond acceptors (Lipinski definition) is 10. The summed E-state index contributed by atoms with van der Waals surface area (Å²) in [5.74, 6) is 0. The number of fused-ring (bicyclic) bond motifs is 18. The third-order valence-electron chi connectivity index (χ3n) is 20.0. The molecule has 11 heteroatoms. The fraction of sp³-hybridized carbons (Fsp3) is 0. The summed E-state index contributed by atoms with van der Waals surface area (Å²) < 4.78 is 15.6. The summed E-state index contributed by atoms with van der Waals surface area (Å²) in [4.78, 5) is 7.07. The van der Waals surface area contributed by atoms with E-state index in [9.17, 15) is 0 Å². The largest absolute Gasteiger partial charge is 0.355 e. The lowest BCUT2D eigenvalue weighted by atomic mass is 10.1. The number of benzene rings is 16. The molecule has 0 aliphatic heterocycles. The molecule has 0 saturated heterocycles. The molecule has 1 N–H and O–H groups in total. The monoisotopic (exact) mass is 1500 g/mol. The molecule has 0 unspecified atom stereocenters. The summed E-state index contributed by atoms with van der Waals surface area (Å²) >= 11 is 17.3. The van der Waals surface area contributed by atoms with Crippen molar-refractivity contribution in [2.24, 2.45) is 0 Å². The van der Waals surface area contributed by atoms with Crippen LogP contribution in [0.2, 0.25) is 5.02 Å². The van der Waals surface area contributed by atoms with Gasteiger partial charge in [-0.3, -0.25) is 0 Å². The predicted molar refractivity (Wildman–Crippen MR) is 475 cm³/mol. The lowest BCUT2D eigenvalue weighted by molar-refractivity contribution is 1.29. The van der Waals surface area contributed by atoms with Crippen LogP contribution in [0.5, 0.6) is 0 Å². The molecule has 0 fully saturated rings. The highest BCUT2D eigenvalue weighted by molar-refractivity contribution is 7.28. The molecule has 6 heterocycles. The molecule has 0 radical (unpaired) electrons. The van der Waals surface area contributed by atoms with Crippen LogP contribution in [0.4, 0.5) is 62.6 Å². The summed E-state index contributed by atoms with van der Waals surface area (Å²) in [6.07, 6.45) is 0. The fourth-order valence-corrected chi connectivity index (χ4v) is 22.1. The van der Waals surface area contributed by atoms with Crippen LogP contribution in [0.1, 0.15) is 0 Å². The second-order valence-corrected chi connectivity index (χ2v) is 33.5. The van der Waals surface area contributed by atoms with Crippen LogP contribution in [0.25, 0.3) is 121 Å². The topological polar surface area (TPSA) is 21.8 Å². The summed E-state index contributed by atoms with van der Waals surface area (Å²) in [6, 6.07) is 131. The highest BCUT2D eigenvalue weighted by Gasteiger charge is 2.21. The van der Waals surface area contributed by atoms with Gasteiger partial charge < -0.3 is 20.0 Å². The van der Waals surface area contributed by atoms with E-state index in [2.05, 4.69) is 360 Å². The van der Waals surface area contributed by atoms with Crippen molar-refractivity contribution in [1.82, 2.24) is 0 Å². The van der Waals surface area contributed by atoms with Gasteiger partial charge in [0.1, 0.15) is 0 Å². The maximum absolute atomic E-state index is 6.19. The Bertz CT molecular complexity index is 6800. The lowest BCUT2D eigenvalue weighted by Gasteiger charge is -2.26. The highest BCUT2D eigenvalue weighted by Crippen LogP contribution is 2.49. The SMILES string of the molecule is Clc1ccc2c(c1)sc1ccc(N(c3ccccc3)c3ccccc3)cc12.c1ccc(N(c2ccccc2)c2ccc3sc4cc(N(c5ccc6c(c5)sc5ccccc56)c5ccc6c(c5)sc5ccccc56)ccc4c3c2)cc1.c1ccc2c(c1)sc1cc(Nc3ccc4c(c3)sc3ccccc34)ccc12. The second kappa shape index (κ2) is 27.7. The lowest BCUT2D eigenvalue weighted by Crippen LogP contribution is -2.09. The standard InChI is InChI=1S/C48H30N2S3.C24H16ClNS.C24H15NS2/c1-3-11-31(12-4-1)49(32-13-5-2-6-14-32)33-22-26-45-42(27-33)41-25-21-36(30-48(41)53-45)50(34-19-23-39-37-15-7-9-17-43(37)51-46(39)28-34)35-20-24-40-38-16-8-10-18-44(38)52-47(40)29-35;25-17-11-13-21-22-16-20(12-14-23(22)27-24(21)15-17)26(18-7-3-1-4-8-18)19-9-5-2-6-10-19;1-3-7-21-17(5-1)19-11-9-15(13-23(19)26-21)25-16-10-12-20-18-6-2-4-8-22(18)27-24(20)14-16/h1-30H;1-16H;1-14,25H. The molecule has 107 heavy (non-hydrogen) atoms. The fourth-order valence-electron chi connectivity index (χ4n) is 15.0. The van der Waals surface area contributed by atoms with Crippen molar-refractivity contribution in [2.75, 3.05) is 20.0 Å². The third kappa shape index (κ3) is 12.2. The molecule has 16 aromatic carbocycles. The molecule has 0 aliphatic carbocycles. The van der Waals surface area contributed by atoms with E-state index in [1.807, 2.05) is 80.9 Å². The van der Waals surface area contributed by atoms with Gasteiger partial charge in [-0.15, -0.1) is 68.0 Å². The minimum absolute atomic E-state index is 0.782. The molecular formula is C96H61ClN4S6. The molecule has 4 nitrogen and oxygen atoms in total. The van der Waals surface area contributed by atoms with Gasteiger partial charge >= 0.3 is 0 Å². The molecule has 0 amide bonds. The highest BCUT2D eigenvalue weighted by atomic mass is 35.5. The molecule has 22 aromatic rings. The minimum Gasteiger partial charge on any atom is -0.355 e. The Kier molecular flexibility index (Phi) is 16.8. The van der Waals surface area contributed by atoms with Crippen LogP contribution in [-0.4, -0.2) is 0 Å². The summed E-state index contributed by atoms with van der Waals surface area (Å²) in [6.45, 7) is 0. The molecule has 0 spiro atoms. The average Bonchev–Trinajstić information content (AvgIpc) is 1.69. The van der Waals surface area contributed by atoms with Crippen molar-refractivity contribution in [3.63, 3.8) is 0 Å². The van der Waals surface area contributed by atoms with Gasteiger partial charge in [0.15, 0.2) is 0 Å². The first-order chi connectivity index (χ1) is 52.9. The smallest absolute Gasteiger partial charge is 0.0476 e. The second-order valence-electron chi connectivity index (χ2n) is 26.5. The van der Waals surface area contributed by atoms with Crippen LogP contribution in [0.15, 0.2) is 364 Å². The van der Waals surface area contributed by atoms with Gasteiger partial charge in [0, 0.05) is 189 Å². The molecule has 0 bridgehead atoms. The molecule has 0 saturated carbocycles. The van der Waals surface area contributed by atoms with E-state index in [0.29, 0.717) is 0 Å². The first-order valence-corrected chi connectivity index (χ1v) is 40.8. The van der Waals surface area contributed by atoms with Crippen LogP contribution in [0, 0.1) is 0 Å². The predicted octanol–water partition coefficient (Wildman–Crippen LogP) is 32.1. The number of hydrogen-bond donors (Lipinski definition) is 1. The normalized spacial score (nSPS) is 11.6. The van der Waals surface area contributed by atoms with Crippen molar-refractivity contribution in [1.29, 1.82) is 0 Å². The molecule has 0 atom stereocenters. The van der Waals surface area contributed by atoms with Gasteiger partial charge in [0.2, 0.25) is 0 Å². The van der Waals surface area contributed by atoms with Gasteiger partial charge in [0.05, 0.1) is 0 Å². The zero-order valence-corrected chi connectivity index (χ0v) is 63.0. The number of rotatable bonds is 11. The van der Waals surface area contributed by atoms with Crippen molar-refractivity contribution < 1.29 is 0 Å². The van der Waals surface area contributed by atoms with Gasteiger partial charge in [-0.1, -0.05) is 194 Å². The molecule has 6 aromatic heterocycles. The zero-order chi connectivity index (χ0) is 70.9. The number of halogens is 1. The van der Waals surface area contributed by atoms with E-state index in [0.717, 1.165) is 67.6 Å². The Morgan fingerprint density at radius 1 is 0.168 bits per heavy atom. The first kappa shape index (κ1) is 64.9. The molecule has 508 valence electrons. The van der Waals surface area contributed by atoms with Gasteiger partial charge in [0.25, 0.3) is 0 Å². The number of para-hydroxylation sites is 4. The van der Waals surface area contributed by atoms with Crippen molar-refractivity contribution in [3.05, 3.63) is 369 Å². The Labute approximate surface area is 646 Å². The number of thiophene rings is 6. The zero-order valence-electron chi connectivity index (χ0n) is 57.3. The van der Waals surface area contributed by atoms with Crippen molar-refractivity contribution in [2.45, 2.75) is 0 Å². The number of nitrogens with one attached hydrogen (secondary N) is 1. The summed E-state index contributed by atoms with van der Waals surface area (Å²) in [5.41, 5.74) is 12.6. The Morgan fingerprint density at radius 2 is 0.402 bits per heavy atom. The number of anilines is 11. The van der Waals surface area contributed by atoms with Crippen LogP contribution >= 0.6 is 79.6 Å². The Hall–Kier alpha value is -11.7. The molecule has 22 rings (SSSR count). The van der Waals surface area contributed by atoms with Crippen molar-refractivity contribution >= 4 is 263 Å². The van der Waals surface area contributed by atoms with E-state index in [-0.39, 0.29) is 0 Å². The van der Waals surface area contributed by atoms with Gasteiger partial charge in [-0.25, -0.2) is 0 Å². The van der Waals surface area contributed by atoms with E-state index < -0.39 is 0 Å². The average molecular weight is 1500 g/mol. The minimum atomic E-state index is 0.782. The van der Waals surface area contributed by atoms with Crippen LogP contribution < -0.4 is 20.0 Å². The number of nitrogens with zero attached hydrogens (tertiary/aromatic N) is 3. The van der Waals surface area contributed by atoms with E-state index >= 15 is 0 Å². The van der Waals surface area contributed by atoms with Gasteiger partial charge in [-0.05, 0) is 182 Å². The molecular weight excluding hydrogens is 1440 g/mol. The first-order valence-electron chi connectivity index (χ1n) is 35.5.